The fourth-order valence-electron chi connectivity index (χ4n) is 8.19. The fourth-order valence-corrected chi connectivity index (χ4v) is 8.19. The van der Waals surface area contributed by atoms with Gasteiger partial charge in [-0.1, -0.05) is 79.7 Å². The van der Waals surface area contributed by atoms with E-state index >= 15 is 8.78 Å². The Morgan fingerprint density at radius 2 is 1.53 bits per heavy atom. The Balaban J connectivity index is 0.813. The number of benzene rings is 3. The Kier molecular flexibility index (Phi) is 10.3. The third kappa shape index (κ3) is 7.00. The van der Waals surface area contributed by atoms with Crippen LogP contribution in [0.5, 0.6) is 0 Å². The topological polar surface area (TPSA) is 145 Å². The van der Waals surface area contributed by atoms with Gasteiger partial charge in [-0.05, 0) is 65.2 Å². The predicted molar refractivity (Wildman–Crippen MR) is 221 cm³/mol. The largest absolute Gasteiger partial charge is 0.377 e. The summed E-state index contributed by atoms with van der Waals surface area (Å²) in [4.78, 5) is 26.8. The van der Waals surface area contributed by atoms with Gasteiger partial charge in [-0.2, -0.15) is 13.9 Å². The third-order valence-corrected chi connectivity index (χ3v) is 11.6. The molecule has 0 bridgehead atoms. The number of aromatic nitrogens is 9. The molecule has 1 unspecified atom stereocenters. The first-order valence-electron chi connectivity index (χ1n) is 20.0. The lowest BCUT2D eigenvalue weighted by Crippen LogP contribution is -2.49. The molecular weight excluding hydrogens is 769 g/mol. The number of aliphatic hydroxyl groups is 1. The Morgan fingerprint density at radius 1 is 0.833 bits per heavy atom. The van der Waals surface area contributed by atoms with Crippen LogP contribution in [0.15, 0.2) is 127 Å². The van der Waals surface area contributed by atoms with Crippen LogP contribution >= 0.6 is 0 Å². The van der Waals surface area contributed by atoms with Crippen molar-refractivity contribution in [1.29, 1.82) is 0 Å². The van der Waals surface area contributed by atoms with E-state index in [0.29, 0.717) is 35.8 Å². The zero-order chi connectivity index (χ0) is 41.4. The molecule has 3 atom stereocenters. The summed E-state index contributed by atoms with van der Waals surface area (Å²) in [6, 6.07) is 30.7. The molecule has 0 radical (unpaired) electrons. The summed E-state index contributed by atoms with van der Waals surface area (Å²) >= 11 is 0. The second-order valence-electron chi connectivity index (χ2n) is 15.2. The molecule has 60 heavy (non-hydrogen) atoms. The van der Waals surface area contributed by atoms with E-state index in [1.807, 2.05) is 80.6 Å². The maximum atomic E-state index is 16.2. The number of halogens is 2. The minimum absolute atomic E-state index is 0.0454. The van der Waals surface area contributed by atoms with Gasteiger partial charge in [0.1, 0.15) is 17.8 Å². The van der Waals surface area contributed by atoms with Crippen LogP contribution < -0.4 is 15.5 Å². The van der Waals surface area contributed by atoms with Crippen LogP contribution in [0.3, 0.4) is 0 Å². The first kappa shape index (κ1) is 38.8. The first-order chi connectivity index (χ1) is 29.1. The molecule has 1 saturated heterocycles. The van der Waals surface area contributed by atoms with Crippen molar-refractivity contribution in [2.75, 3.05) is 36.0 Å². The maximum absolute atomic E-state index is 16.2. The van der Waals surface area contributed by atoms with E-state index in [1.54, 1.807) is 30.5 Å². The van der Waals surface area contributed by atoms with Crippen LogP contribution in [-0.4, -0.2) is 81.9 Å². The zero-order valence-electron chi connectivity index (χ0n) is 33.1. The van der Waals surface area contributed by atoms with Gasteiger partial charge in [0.2, 0.25) is 0 Å². The number of ether oxygens (including phenoxy) is 1. The van der Waals surface area contributed by atoms with Crippen molar-refractivity contribution < 1.29 is 18.6 Å². The molecular formula is C44H43F2N11O3. The lowest BCUT2D eigenvalue weighted by molar-refractivity contribution is -0.207. The minimum atomic E-state index is -3.75. The standard InChI is InChI=1S/C44H43F2N11O3/c1-3-38(30(2)60-27-31-9-5-4-6-10-31)57-42(58)55(29-49-57)40-20-18-35(26-48-40)54-23-21-53(22-24-54)34-16-13-32(14-17-34)33-15-19-39(47-25-33)44(45,46)43(59)28-56-41(50-51-52-56)36-11-7-8-12-37(36)43/h4-20,25-26,29-30,38,59H,3,21-24,27-28H2,1-2H3/t30-,38-,43?/m0/s1. The smallest absolute Gasteiger partial charge is 0.351 e. The summed E-state index contributed by atoms with van der Waals surface area (Å²) in [7, 11) is 0. The number of tetrazole rings is 1. The summed E-state index contributed by atoms with van der Waals surface area (Å²) in [5.41, 5.74) is 1.53. The molecule has 0 amide bonds. The van der Waals surface area contributed by atoms with Crippen molar-refractivity contribution in [2.45, 2.75) is 57.1 Å². The van der Waals surface area contributed by atoms with Gasteiger partial charge in [-0.15, -0.1) is 5.10 Å². The summed E-state index contributed by atoms with van der Waals surface area (Å²) in [5.74, 6) is -2.94. The number of piperazine rings is 1. The number of hydrogen-bond donors (Lipinski definition) is 1. The van der Waals surface area contributed by atoms with Crippen LogP contribution in [0.25, 0.3) is 28.3 Å². The molecule has 7 aromatic rings. The summed E-state index contributed by atoms with van der Waals surface area (Å²) < 4.78 is 42.7. The average Bonchev–Trinajstić information content (AvgIpc) is 3.93. The van der Waals surface area contributed by atoms with Gasteiger partial charge in [0.25, 0.3) is 0 Å². The molecule has 14 nitrogen and oxygen atoms in total. The van der Waals surface area contributed by atoms with E-state index < -0.39 is 23.8 Å². The van der Waals surface area contributed by atoms with Crippen LogP contribution in [0.1, 0.15) is 43.1 Å². The monoisotopic (exact) mass is 811 g/mol. The van der Waals surface area contributed by atoms with Crippen molar-refractivity contribution in [2.24, 2.45) is 0 Å². The molecule has 1 N–H and O–H groups in total. The molecule has 3 aromatic carbocycles. The zero-order valence-corrected chi connectivity index (χ0v) is 33.1. The van der Waals surface area contributed by atoms with Crippen LogP contribution in [0.2, 0.25) is 0 Å². The molecule has 0 aliphatic carbocycles. The Bertz CT molecular complexity index is 2630. The quantitative estimate of drug-likeness (QED) is 0.155. The molecule has 0 saturated carbocycles. The molecule has 2 aliphatic heterocycles. The highest BCUT2D eigenvalue weighted by atomic mass is 19.3. The van der Waals surface area contributed by atoms with Gasteiger partial charge in [0.05, 0.1) is 37.2 Å². The molecule has 2 aliphatic rings. The Labute approximate surface area is 344 Å². The number of rotatable bonds is 12. The fraction of sp³-hybridized carbons (Fsp3) is 0.295. The SMILES string of the molecule is CC[C@@H]([C@H](C)OCc1ccccc1)n1ncn(-c2ccc(N3CCN(c4ccc(-c5ccc(C(F)(F)C6(O)Cn7nnnc7-c7ccccc76)nc5)cc4)CC3)cn2)c1=O. The van der Waals surface area contributed by atoms with Crippen molar-refractivity contribution in [3.63, 3.8) is 0 Å². The van der Waals surface area contributed by atoms with Crippen LogP contribution in [0.4, 0.5) is 20.2 Å². The summed E-state index contributed by atoms with van der Waals surface area (Å²) in [6.07, 6.45) is 5.17. The van der Waals surface area contributed by atoms with Gasteiger partial charge < -0.3 is 19.6 Å². The molecule has 6 heterocycles. The van der Waals surface area contributed by atoms with E-state index in [2.05, 4.69) is 40.4 Å². The predicted octanol–water partition coefficient (Wildman–Crippen LogP) is 6.02. The first-order valence-corrected chi connectivity index (χ1v) is 20.0. The highest BCUT2D eigenvalue weighted by Crippen LogP contribution is 2.50. The number of nitrogens with zero attached hydrogens (tertiary/aromatic N) is 11. The number of pyridine rings is 2. The second-order valence-corrected chi connectivity index (χ2v) is 15.2. The Hall–Kier alpha value is -6.65. The van der Waals surface area contributed by atoms with E-state index in [0.717, 1.165) is 48.7 Å². The van der Waals surface area contributed by atoms with Gasteiger partial charge >= 0.3 is 11.6 Å². The lowest BCUT2D eigenvalue weighted by Gasteiger charge is -2.39. The maximum Gasteiger partial charge on any atom is 0.351 e. The van der Waals surface area contributed by atoms with Gasteiger partial charge in [0, 0.05) is 54.8 Å². The van der Waals surface area contributed by atoms with E-state index in [-0.39, 0.29) is 23.4 Å². The van der Waals surface area contributed by atoms with Gasteiger partial charge in [0.15, 0.2) is 11.4 Å². The van der Waals surface area contributed by atoms with Crippen molar-refractivity contribution in [3.05, 3.63) is 149 Å². The summed E-state index contributed by atoms with van der Waals surface area (Å²) in [6.45, 7) is 7.01. The highest BCUT2D eigenvalue weighted by Gasteiger charge is 2.59. The minimum Gasteiger partial charge on any atom is -0.377 e. The normalized spacial score (nSPS) is 17.6. The van der Waals surface area contributed by atoms with Crippen molar-refractivity contribution >= 4 is 11.4 Å². The molecule has 306 valence electrons. The molecule has 4 aromatic heterocycles. The van der Waals surface area contributed by atoms with Gasteiger partial charge in [-0.25, -0.2) is 23.7 Å². The van der Waals surface area contributed by atoms with E-state index in [9.17, 15) is 9.90 Å². The highest BCUT2D eigenvalue weighted by molar-refractivity contribution is 5.67. The molecule has 0 spiro atoms. The second kappa shape index (κ2) is 15.8. The number of anilines is 2. The van der Waals surface area contributed by atoms with E-state index in [4.69, 9.17) is 4.74 Å². The van der Waals surface area contributed by atoms with Crippen molar-refractivity contribution in [1.82, 2.24) is 44.5 Å². The number of hydrogen-bond acceptors (Lipinski definition) is 11. The Morgan fingerprint density at radius 3 is 2.23 bits per heavy atom. The summed E-state index contributed by atoms with van der Waals surface area (Å²) in [5, 5.41) is 27.4. The third-order valence-electron chi connectivity index (χ3n) is 11.6. The average molecular weight is 812 g/mol. The van der Waals surface area contributed by atoms with Crippen molar-refractivity contribution in [3.8, 4) is 28.3 Å². The molecule has 16 heteroatoms. The lowest BCUT2D eigenvalue weighted by atomic mass is 9.80. The number of fused-ring (bicyclic) bond motifs is 3. The van der Waals surface area contributed by atoms with Gasteiger partial charge in [-0.3, -0.25) is 4.98 Å². The van der Waals surface area contributed by atoms with Crippen LogP contribution in [-0.2, 0) is 29.4 Å². The van der Waals surface area contributed by atoms with Crippen LogP contribution in [0, 0.1) is 0 Å². The molecule has 1 fully saturated rings. The van der Waals surface area contributed by atoms with E-state index in [1.165, 1.54) is 38.6 Å². The number of alkyl halides is 2. The molecule has 9 rings (SSSR count).